The van der Waals surface area contributed by atoms with Crippen molar-refractivity contribution in [2.75, 3.05) is 24.2 Å². The molecule has 1 aliphatic rings. The van der Waals surface area contributed by atoms with Gasteiger partial charge in [-0.05, 0) is 30.7 Å². The first-order valence-electron chi connectivity index (χ1n) is 8.84. The van der Waals surface area contributed by atoms with Crippen LogP contribution in [0, 0.1) is 0 Å². The third kappa shape index (κ3) is 4.53. The highest BCUT2D eigenvalue weighted by Crippen LogP contribution is 2.38. The van der Waals surface area contributed by atoms with E-state index in [1.54, 1.807) is 11.8 Å². The molecule has 3 heterocycles. The van der Waals surface area contributed by atoms with Gasteiger partial charge >= 0.3 is 5.97 Å². The van der Waals surface area contributed by atoms with Gasteiger partial charge in [0, 0.05) is 18.3 Å². The van der Waals surface area contributed by atoms with E-state index in [9.17, 15) is 19.5 Å². The van der Waals surface area contributed by atoms with E-state index in [0.29, 0.717) is 30.1 Å². The van der Waals surface area contributed by atoms with Crippen LogP contribution in [-0.2, 0) is 34.3 Å². The van der Waals surface area contributed by atoms with Crippen LogP contribution < -0.4 is 15.1 Å². The van der Waals surface area contributed by atoms with Crippen LogP contribution in [0.4, 0.5) is 5.00 Å². The van der Waals surface area contributed by atoms with Crippen LogP contribution in [0.15, 0.2) is 9.55 Å². The van der Waals surface area contributed by atoms with E-state index in [0.717, 1.165) is 22.2 Å². The Morgan fingerprint density at radius 1 is 1.45 bits per heavy atom. The molecule has 0 bridgehead atoms. The summed E-state index contributed by atoms with van der Waals surface area (Å²) in [6.07, 6.45) is 0.514. The summed E-state index contributed by atoms with van der Waals surface area (Å²) in [4.78, 5) is 39.2. The molecule has 0 aliphatic carbocycles. The number of hydrogen-bond acceptors (Lipinski definition) is 9. The maximum Gasteiger partial charge on any atom is 0.341 e. The first kappa shape index (κ1) is 21.1. The summed E-state index contributed by atoms with van der Waals surface area (Å²) in [5, 5.41) is 18.4. The third-order valence-electron chi connectivity index (χ3n) is 4.29. The molecule has 29 heavy (non-hydrogen) atoms. The molecule has 1 N–H and O–H groups in total. The molecule has 156 valence electrons. The largest absolute Gasteiger partial charge is 0.538 e. The lowest BCUT2D eigenvalue weighted by Crippen LogP contribution is -2.34. The number of nitrogens with one attached hydrogen (secondary N) is 1. The van der Waals surface area contributed by atoms with Gasteiger partial charge in [0.15, 0.2) is 13.0 Å². The first-order valence-corrected chi connectivity index (χ1v) is 10.6. The quantitative estimate of drug-likeness (QED) is 0.389. The molecule has 2 aromatic rings. The standard InChI is InChI=1S/C17H20N4O6S2/c1-4-26-16(24)13-10-5-6-21(9(2)22)7-11(10)29-14(13)18-12(23)8-28-15-17(25)27-19-20(15)3/h4-8H2,1-3H3,(H-,18,19,23,24,25). The SMILES string of the molecule is CCOC(=O)c1c(NC(=O)CSc2c([O-])on[n+]2C)sc2c1CCN(C(C)=O)C2. The number of rotatable bonds is 6. The van der Waals surface area contributed by atoms with E-state index in [4.69, 9.17) is 4.74 Å². The molecule has 0 saturated heterocycles. The lowest BCUT2D eigenvalue weighted by Gasteiger charge is -2.25. The highest BCUT2D eigenvalue weighted by molar-refractivity contribution is 7.99. The predicted octanol–water partition coefficient (Wildman–Crippen LogP) is 0.446. The number of carbonyl (C=O) groups is 3. The van der Waals surface area contributed by atoms with E-state index < -0.39 is 11.9 Å². The zero-order chi connectivity index (χ0) is 21.1. The Balaban J connectivity index is 1.79. The number of fused-ring (bicyclic) bond motifs is 1. The van der Waals surface area contributed by atoms with Crippen molar-refractivity contribution < 1.29 is 33.4 Å². The molecule has 0 spiro atoms. The van der Waals surface area contributed by atoms with E-state index in [1.165, 1.54) is 30.0 Å². The van der Waals surface area contributed by atoms with Gasteiger partial charge in [-0.25, -0.2) is 4.79 Å². The highest BCUT2D eigenvalue weighted by atomic mass is 32.2. The summed E-state index contributed by atoms with van der Waals surface area (Å²) in [5.74, 6) is -1.61. The third-order valence-corrected chi connectivity index (χ3v) is 6.53. The van der Waals surface area contributed by atoms with Crippen LogP contribution in [0.3, 0.4) is 0 Å². The van der Waals surface area contributed by atoms with E-state index in [-0.39, 0.29) is 29.2 Å². The van der Waals surface area contributed by atoms with Gasteiger partial charge in [0.25, 0.3) is 5.03 Å². The molecule has 3 rings (SSSR count). The Hall–Kier alpha value is -2.60. The molecule has 0 saturated carbocycles. The minimum Gasteiger partial charge on any atom is -0.538 e. The van der Waals surface area contributed by atoms with Crippen molar-refractivity contribution in [1.29, 1.82) is 0 Å². The Bertz CT molecular complexity index is 935. The number of ether oxygens (including phenoxy) is 1. The molecule has 0 radical (unpaired) electrons. The molecule has 2 amide bonds. The topological polar surface area (TPSA) is 129 Å². The number of hydrogen-bond donors (Lipinski definition) is 1. The molecular weight excluding hydrogens is 420 g/mol. The minimum absolute atomic E-state index is 0.0428. The number of anilines is 1. The number of nitrogens with zero attached hydrogens (tertiary/aromatic N) is 3. The summed E-state index contributed by atoms with van der Waals surface area (Å²) in [6, 6.07) is 0. The maximum atomic E-state index is 12.5. The van der Waals surface area contributed by atoms with Crippen LogP contribution in [0.25, 0.3) is 0 Å². The van der Waals surface area contributed by atoms with Crippen LogP contribution in [0.1, 0.15) is 34.6 Å². The fourth-order valence-electron chi connectivity index (χ4n) is 2.94. The number of thioether (sulfide) groups is 1. The molecule has 1 aliphatic heterocycles. The Kier molecular flexibility index (Phi) is 6.42. The van der Waals surface area contributed by atoms with E-state index >= 15 is 0 Å². The second-order valence-electron chi connectivity index (χ2n) is 6.24. The van der Waals surface area contributed by atoms with Crippen molar-refractivity contribution in [1.82, 2.24) is 10.2 Å². The lowest BCUT2D eigenvalue weighted by molar-refractivity contribution is -0.772. The second-order valence-corrected chi connectivity index (χ2v) is 8.31. The fourth-order valence-corrected chi connectivity index (χ4v) is 4.92. The van der Waals surface area contributed by atoms with Gasteiger partial charge in [-0.2, -0.15) is 0 Å². The average Bonchev–Trinajstić information content (AvgIpc) is 3.18. The van der Waals surface area contributed by atoms with E-state index in [1.807, 2.05) is 0 Å². The van der Waals surface area contributed by atoms with Crippen molar-refractivity contribution in [3.8, 4) is 5.95 Å². The molecular formula is C17H20N4O6S2. The minimum atomic E-state index is -0.617. The number of thiophene rings is 1. The van der Waals surface area contributed by atoms with Gasteiger partial charge < -0.3 is 24.6 Å². The van der Waals surface area contributed by atoms with Gasteiger partial charge in [0.05, 0.1) is 29.7 Å². The van der Waals surface area contributed by atoms with E-state index in [2.05, 4.69) is 15.1 Å². The van der Waals surface area contributed by atoms with Crippen LogP contribution in [0.2, 0.25) is 0 Å². The number of aryl methyl sites for hydroxylation is 1. The van der Waals surface area contributed by atoms with Gasteiger partial charge in [-0.3, -0.25) is 9.59 Å². The first-order chi connectivity index (χ1) is 13.8. The average molecular weight is 441 g/mol. The molecule has 10 nitrogen and oxygen atoms in total. The lowest BCUT2D eigenvalue weighted by atomic mass is 10.0. The molecule has 0 aromatic carbocycles. The van der Waals surface area contributed by atoms with Crippen molar-refractivity contribution in [3.05, 3.63) is 16.0 Å². The zero-order valence-corrected chi connectivity index (χ0v) is 17.8. The number of carbonyl (C=O) groups excluding carboxylic acids is 3. The molecule has 0 unspecified atom stereocenters. The molecule has 0 fully saturated rings. The van der Waals surface area contributed by atoms with Crippen molar-refractivity contribution in [2.45, 2.75) is 31.8 Å². The van der Waals surface area contributed by atoms with Crippen molar-refractivity contribution in [2.24, 2.45) is 7.05 Å². The zero-order valence-electron chi connectivity index (χ0n) is 16.1. The number of aromatic nitrogens is 2. The van der Waals surface area contributed by atoms with Gasteiger partial charge in [0.2, 0.25) is 11.8 Å². The maximum absolute atomic E-state index is 12.5. The van der Waals surface area contributed by atoms with Crippen molar-refractivity contribution >= 4 is 45.9 Å². The molecule has 12 heteroatoms. The smallest absolute Gasteiger partial charge is 0.341 e. The molecule has 0 atom stereocenters. The van der Waals surface area contributed by atoms with Crippen LogP contribution in [-0.4, -0.2) is 46.9 Å². The Morgan fingerprint density at radius 3 is 2.83 bits per heavy atom. The Morgan fingerprint density at radius 2 is 2.21 bits per heavy atom. The predicted molar refractivity (Wildman–Crippen MR) is 102 cm³/mol. The summed E-state index contributed by atoms with van der Waals surface area (Å²) >= 11 is 2.25. The second kappa shape index (κ2) is 8.82. The summed E-state index contributed by atoms with van der Waals surface area (Å²) in [5.41, 5.74) is 1.15. The Labute approximate surface area is 174 Å². The molecule has 2 aromatic heterocycles. The highest BCUT2D eigenvalue weighted by Gasteiger charge is 2.30. The number of esters is 1. The fraction of sp³-hybridized carbons (Fsp3) is 0.471. The van der Waals surface area contributed by atoms with Gasteiger partial charge in [-0.1, -0.05) is 4.68 Å². The van der Waals surface area contributed by atoms with Gasteiger partial charge in [0.1, 0.15) is 5.00 Å². The number of amides is 2. The van der Waals surface area contributed by atoms with Crippen molar-refractivity contribution in [3.63, 3.8) is 0 Å². The monoisotopic (exact) mass is 440 g/mol. The summed E-state index contributed by atoms with van der Waals surface area (Å²) in [6.45, 7) is 4.32. The summed E-state index contributed by atoms with van der Waals surface area (Å²) in [7, 11) is 1.54. The van der Waals surface area contributed by atoms with Crippen LogP contribution >= 0.6 is 23.1 Å². The van der Waals surface area contributed by atoms with Gasteiger partial charge in [-0.15, -0.1) is 11.3 Å². The summed E-state index contributed by atoms with van der Waals surface area (Å²) < 4.78 is 10.9. The van der Waals surface area contributed by atoms with Crippen LogP contribution in [0.5, 0.6) is 5.95 Å². The normalized spacial score (nSPS) is 13.1.